The molecule has 2 aromatic carbocycles. The Morgan fingerprint density at radius 1 is 1.16 bits per heavy atom. The van der Waals surface area contributed by atoms with E-state index >= 15 is 0 Å². The van der Waals surface area contributed by atoms with Crippen LogP contribution in [0.25, 0.3) is 22.2 Å². The summed E-state index contributed by atoms with van der Waals surface area (Å²) < 4.78 is 31.8. The van der Waals surface area contributed by atoms with Crippen LogP contribution < -0.4 is 10.1 Å². The van der Waals surface area contributed by atoms with Crippen molar-refractivity contribution in [2.75, 3.05) is 5.32 Å². The van der Waals surface area contributed by atoms with Crippen LogP contribution in [0.15, 0.2) is 60.8 Å². The van der Waals surface area contributed by atoms with Crippen molar-refractivity contribution in [2.45, 2.75) is 27.0 Å². The molecule has 0 aliphatic carbocycles. The second-order valence-corrected chi connectivity index (χ2v) is 6.86. The van der Waals surface area contributed by atoms with E-state index in [1.54, 1.807) is 30.5 Å². The number of fused-ring (bicyclic) bond motifs is 1. The number of anilines is 1. The number of hydrogen-bond donors (Lipinski definition) is 1. The number of rotatable bonds is 6. The molecule has 0 saturated heterocycles. The van der Waals surface area contributed by atoms with Gasteiger partial charge in [-0.1, -0.05) is 30.3 Å². The second kappa shape index (κ2) is 8.51. The predicted octanol–water partition coefficient (Wildman–Crippen LogP) is 5.28. The fraction of sp³-hybridized carbons (Fsp3) is 0.174. The number of carbonyl (C=O) groups is 1. The lowest BCUT2D eigenvalue weighted by Crippen LogP contribution is -2.15. The van der Waals surface area contributed by atoms with Gasteiger partial charge in [0, 0.05) is 23.2 Å². The van der Waals surface area contributed by atoms with E-state index in [0.29, 0.717) is 28.7 Å². The number of halogens is 2. The molecule has 2 aromatic heterocycles. The van der Waals surface area contributed by atoms with Crippen molar-refractivity contribution < 1.29 is 18.3 Å². The Morgan fingerprint density at radius 2 is 1.90 bits per heavy atom. The summed E-state index contributed by atoms with van der Waals surface area (Å²) in [5.41, 5.74) is 3.54. The smallest absolute Gasteiger partial charge is 0.387 e. The molecule has 0 bridgehead atoms. The third-order valence-corrected chi connectivity index (χ3v) is 4.99. The molecule has 1 amide bonds. The van der Waals surface area contributed by atoms with Crippen molar-refractivity contribution in [2.24, 2.45) is 0 Å². The van der Waals surface area contributed by atoms with Gasteiger partial charge in [0.25, 0.3) is 5.91 Å². The van der Waals surface area contributed by atoms with Crippen LogP contribution >= 0.6 is 0 Å². The van der Waals surface area contributed by atoms with Crippen LogP contribution in [0.1, 0.15) is 23.0 Å². The number of benzene rings is 2. The lowest BCUT2D eigenvalue weighted by Gasteiger charge is -2.13. The fourth-order valence-electron chi connectivity index (χ4n) is 3.48. The van der Waals surface area contributed by atoms with Gasteiger partial charge < -0.3 is 10.1 Å². The van der Waals surface area contributed by atoms with Crippen LogP contribution in [0.5, 0.6) is 5.75 Å². The number of carbonyl (C=O) groups excluding carboxylic acids is 1. The Balaban J connectivity index is 1.78. The molecule has 0 spiro atoms. The third kappa shape index (κ3) is 4.09. The normalized spacial score (nSPS) is 11.1. The van der Waals surface area contributed by atoms with Gasteiger partial charge in [-0.3, -0.25) is 9.48 Å². The maximum atomic E-state index is 13.2. The van der Waals surface area contributed by atoms with Crippen molar-refractivity contribution in [3.8, 4) is 17.0 Å². The zero-order valence-electron chi connectivity index (χ0n) is 17.0. The van der Waals surface area contributed by atoms with E-state index < -0.39 is 12.5 Å². The number of nitrogens with zero attached hydrogens (tertiary/aromatic N) is 3. The van der Waals surface area contributed by atoms with E-state index in [4.69, 9.17) is 4.98 Å². The number of pyridine rings is 1. The fourth-order valence-corrected chi connectivity index (χ4v) is 3.48. The van der Waals surface area contributed by atoms with Crippen LogP contribution in [0.4, 0.5) is 14.5 Å². The molecule has 4 rings (SSSR count). The lowest BCUT2D eigenvalue weighted by molar-refractivity contribution is -0.0493. The van der Waals surface area contributed by atoms with Gasteiger partial charge in [-0.15, -0.1) is 0 Å². The monoisotopic (exact) mass is 422 g/mol. The van der Waals surface area contributed by atoms with Gasteiger partial charge in [0.15, 0.2) is 0 Å². The molecule has 0 atom stereocenters. The third-order valence-electron chi connectivity index (χ3n) is 4.99. The molecule has 1 N–H and O–H groups in total. The van der Waals surface area contributed by atoms with Crippen LogP contribution in [0.3, 0.4) is 0 Å². The molecule has 158 valence electrons. The summed E-state index contributed by atoms with van der Waals surface area (Å²) in [7, 11) is 0. The van der Waals surface area contributed by atoms with Crippen molar-refractivity contribution in [3.05, 3.63) is 72.1 Å². The van der Waals surface area contributed by atoms with Gasteiger partial charge in [-0.2, -0.15) is 13.9 Å². The summed E-state index contributed by atoms with van der Waals surface area (Å²) in [6.07, 6.45) is 1.73. The number of hydrogen-bond acceptors (Lipinski definition) is 4. The topological polar surface area (TPSA) is 69.0 Å². The average molecular weight is 422 g/mol. The minimum Gasteiger partial charge on any atom is -0.433 e. The quantitative estimate of drug-likeness (QED) is 0.459. The second-order valence-electron chi connectivity index (χ2n) is 6.86. The van der Waals surface area contributed by atoms with Gasteiger partial charge in [0.1, 0.15) is 5.75 Å². The van der Waals surface area contributed by atoms with Crippen molar-refractivity contribution in [1.82, 2.24) is 14.8 Å². The largest absolute Gasteiger partial charge is 0.433 e. The summed E-state index contributed by atoms with van der Waals surface area (Å²) >= 11 is 0. The molecular weight excluding hydrogens is 402 g/mol. The number of alkyl halides is 2. The van der Waals surface area contributed by atoms with Crippen LogP contribution in [-0.2, 0) is 6.54 Å². The average Bonchev–Trinajstić information content (AvgIpc) is 3.14. The molecule has 2 heterocycles. The summed E-state index contributed by atoms with van der Waals surface area (Å²) in [5.74, 6) is -0.560. The van der Waals surface area contributed by atoms with E-state index in [9.17, 15) is 13.6 Å². The van der Waals surface area contributed by atoms with E-state index in [-0.39, 0.29) is 11.4 Å². The Hall–Kier alpha value is -3.81. The van der Waals surface area contributed by atoms with Crippen molar-refractivity contribution in [3.63, 3.8) is 0 Å². The first-order valence-electron chi connectivity index (χ1n) is 9.75. The number of amides is 1. The number of para-hydroxylation sites is 3. The van der Waals surface area contributed by atoms with Crippen molar-refractivity contribution in [1.29, 1.82) is 0 Å². The molecule has 0 fully saturated rings. The van der Waals surface area contributed by atoms with Gasteiger partial charge in [-0.25, -0.2) is 4.98 Å². The zero-order chi connectivity index (χ0) is 22.0. The highest BCUT2D eigenvalue weighted by Crippen LogP contribution is 2.30. The Bertz CT molecular complexity index is 1250. The van der Waals surface area contributed by atoms with Crippen LogP contribution in [-0.4, -0.2) is 27.3 Å². The first-order chi connectivity index (χ1) is 15.0. The molecule has 0 aliphatic heterocycles. The van der Waals surface area contributed by atoms with Crippen molar-refractivity contribution >= 4 is 22.5 Å². The molecule has 0 radical (unpaired) electrons. The molecule has 8 heteroatoms. The van der Waals surface area contributed by atoms with Gasteiger partial charge in [0.2, 0.25) is 0 Å². The highest BCUT2D eigenvalue weighted by atomic mass is 19.3. The first-order valence-corrected chi connectivity index (χ1v) is 9.75. The van der Waals surface area contributed by atoms with Crippen LogP contribution in [0.2, 0.25) is 0 Å². The van der Waals surface area contributed by atoms with Gasteiger partial charge in [0.05, 0.1) is 28.7 Å². The van der Waals surface area contributed by atoms with Gasteiger partial charge in [-0.05, 0) is 38.1 Å². The summed E-state index contributed by atoms with van der Waals surface area (Å²) in [6, 6.07) is 15.0. The highest BCUT2D eigenvalue weighted by molar-refractivity contribution is 6.13. The number of ether oxygens (including phenoxy) is 1. The minimum absolute atomic E-state index is 0.107. The Labute approximate surface area is 177 Å². The highest BCUT2D eigenvalue weighted by Gasteiger charge is 2.18. The molecule has 0 saturated carbocycles. The van der Waals surface area contributed by atoms with E-state index in [0.717, 1.165) is 11.3 Å². The Kier molecular flexibility index (Phi) is 5.62. The SMILES string of the molecule is CCn1ncc(-c2cc(C(=O)Nc3ccccc3OC(F)F)c3ccccc3n2)c1C. The summed E-state index contributed by atoms with van der Waals surface area (Å²) in [4.78, 5) is 17.9. The molecular formula is C23H20F2N4O2. The predicted molar refractivity (Wildman–Crippen MR) is 114 cm³/mol. The number of nitrogens with one attached hydrogen (secondary N) is 1. The van der Waals surface area contributed by atoms with E-state index in [1.807, 2.05) is 36.7 Å². The maximum Gasteiger partial charge on any atom is 0.387 e. The summed E-state index contributed by atoms with van der Waals surface area (Å²) in [6.45, 7) is 1.66. The van der Waals surface area contributed by atoms with Gasteiger partial charge >= 0.3 is 6.61 Å². The van der Waals surface area contributed by atoms with Crippen LogP contribution in [0, 0.1) is 6.92 Å². The zero-order valence-corrected chi connectivity index (χ0v) is 17.0. The molecule has 4 aromatic rings. The molecule has 6 nitrogen and oxygen atoms in total. The summed E-state index contributed by atoms with van der Waals surface area (Å²) in [5, 5.41) is 7.70. The number of aryl methyl sites for hydroxylation is 1. The number of aromatic nitrogens is 3. The van der Waals surface area contributed by atoms with E-state index in [1.165, 1.54) is 12.1 Å². The maximum absolute atomic E-state index is 13.2. The van der Waals surface area contributed by atoms with E-state index in [2.05, 4.69) is 15.2 Å². The Morgan fingerprint density at radius 3 is 2.65 bits per heavy atom. The minimum atomic E-state index is -3.00. The first kappa shape index (κ1) is 20.5. The molecule has 0 unspecified atom stereocenters. The molecule has 0 aliphatic rings. The molecule has 31 heavy (non-hydrogen) atoms. The lowest BCUT2D eigenvalue weighted by atomic mass is 10.0. The standard InChI is InChI=1S/C23H20F2N4O2/c1-3-29-14(2)17(13-26-29)20-12-16(15-8-4-5-9-18(15)27-20)22(30)28-19-10-6-7-11-21(19)31-23(24)25/h4-13,23H,3H2,1-2H3,(H,28,30).